The Labute approximate surface area is 140 Å². The molecule has 2 amide bonds. The number of piperidine rings is 1. The van der Waals surface area contributed by atoms with Crippen LogP contribution in [0.4, 0.5) is 10.5 Å². The van der Waals surface area contributed by atoms with Crippen molar-refractivity contribution in [3.05, 3.63) is 60.6 Å². The molecule has 0 radical (unpaired) electrons. The molecule has 0 unspecified atom stereocenters. The van der Waals surface area contributed by atoms with E-state index in [1.54, 1.807) is 0 Å². The van der Waals surface area contributed by atoms with Crippen molar-refractivity contribution in [3.63, 3.8) is 0 Å². The number of pyridine rings is 1. The molecule has 3 aromatic rings. The molecule has 4 rings (SSSR count). The van der Waals surface area contributed by atoms with Crippen molar-refractivity contribution in [1.82, 2.24) is 19.5 Å². The van der Waals surface area contributed by atoms with E-state index >= 15 is 0 Å². The Morgan fingerprint density at radius 1 is 1.08 bits per heavy atom. The first kappa shape index (κ1) is 14.7. The molecule has 1 aliphatic rings. The van der Waals surface area contributed by atoms with E-state index in [2.05, 4.69) is 15.5 Å². The molecular weight excluding hydrogens is 302 g/mol. The minimum absolute atomic E-state index is 0.0558. The highest BCUT2D eigenvalue weighted by Gasteiger charge is 2.27. The van der Waals surface area contributed by atoms with Crippen molar-refractivity contribution >= 4 is 17.4 Å². The molecule has 3 heterocycles. The molecule has 0 saturated carbocycles. The van der Waals surface area contributed by atoms with Gasteiger partial charge in [-0.1, -0.05) is 24.3 Å². The summed E-state index contributed by atoms with van der Waals surface area (Å²) in [5, 5.41) is 11.5. The summed E-state index contributed by atoms with van der Waals surface area (Å²) in [5.41, 5.74) is 1.66. The zero-order valence-electron chi connectivity index (χ0n) is 13.3. The van der Waals surface area contributed by atoms with Crippen LogP contribution in [0.15, 0.2) is 54.7 Å². The van der Waals surface area contributed by atoms with Crippen LogP contribution in [-0.2, 0) is 0 Å². The van der Waals surface area contributed by atoms with Gasteiger partial charge in [0.1, 0.15) is 5.82 Å². The number of hydrogen-bond acceptors (Lipinski definition) is 3. The lowest BCUT2D eigenvalue weighted by Gasteiger charge is -2.32. The third-order valence-corrected chi connectivity index (χ3v) is 4.44. The quantitative estimate of drug-likeness (QED) is 0.789. The first-order chi connectivity index (χ1) is 11.8. The summed E-state index contributed by atoms with van der Waals surface area (Å²) >= 11 is 0. The van der Waals surface area contributed by atoms with Gasteiger partial charge in [0.25, 0.3) is 0 Å². The fraction of sp³-hybridized carbons (Fsp3) is 0.278. The van der Waals surface area contributed by atoms with Crippen LogP contribution in [0.1, 0.15) is 24.6 Å². The molecule has 6 nitrogen and oxygen atoms in total. The molecule has 0 spiro atoms. The predicted molar refractivity (Wildman–Crippen MR) is 92.0 cm³/mol. The zero-order valence-corrected chi connectivity index (χ0v) is 13.3. The molecule has 24 heavy (non-hydrogen) atoms. The third kappa shape index (κ3) is 2.82. The van der Waals surface area contributed by atoms with Crippen molar-refractivity contribution in [3.8, 4) is 0 Å². The van der Waals surface area contributed by atoms with Gasteiger partial charge in [-0.05, 0) is 37.1 Å². The van der Waals surface area contributed by atoms with Gasteiger partial charge >= 0.3 is 6.03 Å². The van der Waals surface area contributed by atoms with Gasteiger partial charge in [0.15, 0.2) is 5.65 Å². The van der Waals surface area contributed by atoms with Gasteiger partial charge in [-0.15, -0.1) is 10.2 Å². The number of hydrogen-bond donors (Lipinski definition) is 1. The second-order valence-electron chi connectivity index (χ2n) is 6.07. The smallest absolute Gasteiger partial charge is 0.321 e. The molecule has 0 bridgehead atoms. The molecule has 6 heteroatoms. The number of anilines is 1. The SMILES string of the molecule is O=C(Nc1ccccc1)N1CCC[C@@H](c2nnc3ccccn23)C1. The summed E-state index contributed by atoms with van der Waals surface area (Å²) in [7, 11) is 0. The number of amides is 2. The van der Waals surface area contributed by atoms with E-state index in [4.69, 9.17) is 0 Å². The second-order valence-corrected chi connectivity index (χ2v) is 6.07. The molecule has 1 aromatic carbocycles. The summed E-state index contributed by atoms with van der Waals surface area (Å²) in [6.07, 6.45) is 3.97. The van der Waals surface area contributed by atoms with E-state index in [0.29, 0.717) is 6.54 Å². The minimum atomic E-state index is -0.0558. The Morgan fingerprint density at radius 2 is 1.92 bits per heavy atom. The van der Waals surface area contributed by atoms with Crippen molar-refractivity contribution in [1.29, 1.82) is 0 Å². The molecule has 0 aliphatic carbocycles. The summed E-state index contributed by atoms with van der Waals surface area (Å²) < 4.78 is 2.02. The lowest BCUT2D eigenvalue weighted by molar-refractivity contribution is 0.191. The van der Waals surface area contributed by atoms with Gasteiger partial charge in [0.2, 0.25) is 0 Å². The van der Waals surface area contributed by atoms with E-state index in [1.807, 2.05) is 64.0 Å². The fourth-order valence-corrected chi connectivity index (χ4v) is 3.23. The van der Waals surface area contributed by atoms with Gasteiger partial charge in [-0.25, -0.2) is 4.79 Å². The predicted octanol–water partition coefficient (Wildman–Crippen LogP) is 3.14. The molecule has 1 aliphatic heterocycles. The lowest BCUT2D eigenvalue weighted by atomic mass is 9.97. The average Bonchev–Trinajstić information content (AvgIpc) is 3.07. The number of likely N-dealkylation sites (tertiary alicyclic amines) is 1. The Balaban J connectivity index is 1.50. The summed E-state index contributed by atoms with van der Waals surface area (Å²) in [4.78, 5) is 14.4. The zero-order chi connectivity index (χ0) is 16.4. The monoisotopic (exact) mass is 321 g/mol. The Bertz CT molecular complexity index is 845. The van der Waals surface area contributed by atoms with Crippen LogP contribution in [-0.4, -0.2) is 38.6 Å². The summed E-state index contributed by atoms with van der Waals surface area (Å²) in [5.74, 6) is 1.14. The van der Waals surface area contributed by atoms with Crippen LogP contribution in [0.5, 0.6) is 0 Å². The first-order valence-corrected chi connectivity index (χ1v) is 8.22. The number of carbonyl (C=O) groups excluding carboxylic acids is 1. The molecule has 122 valence electrons. The minimum Gasteiger partial charge on any atom is -0.324 e. The highest BCUT2D eigenvalue weighted by Crippen LogP contribution is 2.26. The molecular formula is C18H19N5O. The van der Waals surface area contributed by atoms with Crippen LogP contribution in [0.25, 0.3) is 5.65 Å². The highest BCUT2D eigenvalue weighted by molar-refractivity contribution is 5.89. The van der Waals surface area contributed by atoms with Crippen molar-refractivity contribution < 1.29 is 4.79 Å². The third-order valence-electron chi connectivity index (χ3n) is 4.44. The van der Waals surface area contributed by atoms with Gasteiger partial charge in [0, 0.05) is 30.9 Å². The van der Waals surface area contributed by atoms with Crippen LogP contribution >= 0.6 is 0 Å². The van der Waals surface area contributed by atoms with E-state index in [1.165, 1.54) is 0 Å². The molecule has 1 atom stereocenters. The van der Waals surface area contributed by atoms with Crippen LogP contribution < -0.4 is 5.32 Å². The molecule has 1 N–H and O–H groups in total. The molecule has 1 fully saturated rings. The topological polar surface area (TPSA) is 62.5 Å². The Morgan fingerprint density at radius 3 is 2.79 bits per heavy atom. The van der Waals surface area contributed by atoms with E-state index in [-0.39, 0.29) is 11.9 Å². The first-order valence-electron chi connectivity index (χ1n) is 8.22. The number of fused-ring (bicyclic) bond motifs is 1. The number of rotatable bonds is 2. The average molecular weight is 321 g/mol. The van der Waals surface area contributed by atoms with Crippen LogP contribution in [0.3, 0.4) is 0 Å². The largest absolute Gasteiger partial charge is 0.324 e. The van der Waals surface area contributed by atoms with Crippen molar-refractivity contribution in [2.75, 3.05) is 18.4 Å². The molecule has 1 saturated heterocycles. The molecule has 2 aromatic heterocycles. The number of para-hydroxylation sites is 1. The number of aromatic nitrogens is 3. The summed E-state index contributed by atoms with van der Waals surface area (Å²) in [6, 6.07) is 15.4. The number of nitrogens with zero attached hydrogens (tertiary/aromatic N) is 4. The number of urea groups is 1. The highest BCUT2D eigenvalue weighted by atomic mass is 16.2. The maximum atomic E-state index is 12.5. The normalized spacial score (nSPS) is 17.8. The van der Waals surface area contributed by atoms with Crippen LogP contribution in [0.2, 0.25) is 0 Å². The maximum absolute atomic E-state index is 12.5. The van der Waals surface area contributed by atoms with Gasteiger partial charge in [-0.2, -0.15) is 0 Å². The standard InChI is InChI=1S/C18H19N5O/c24-18(19-15-8-2-1-3-9-15)22-11-6-7-14(13-22)17-21-20-16-10-4-5-12-23(16)17/h1-5,8-10,12,14H,6-7,11,13H2,(H,19,24)/t14-/m1/s1. The van der Waals surface area contributed by atoms with Crippen LogP contribution in [0, 0.1) is 0 Å². The van der Waals surface area contributed by atoms with E-state index in [0.717, 1.165) is 36.5 Å². The number of nitrogens with one attached hydrogen (secondary N) is 1. The number of carbonyl (C=O) groups is 1. The number of benzene rings is 1. The van der Waals surface area contributed by atoms with Gasteiger partial charge < -0.3 is 10.2 Å². The fourth-order valence-electron chi connectivity index (χ4n) is 3.23. The second kappa shape index (κ2) is 6.31. The Hall–Kier alpha value is -2.89. The van der Waals surface area contributed by atoms with Gasteiger partial charge in [0.05, 0.1) is 0 Å². The maximum Gasteiger partial charge on any atom is 0.321 e. The summed E-state index contributed by atoms with van der Waals surface area (Å²) in [6.45, 7) is 1.43. The van der Waals surface area contributed by atoms with E-state index in [9.17, 15) is 4.79 Å². The van der Waals surface area contributed by atoms with E-state index < -0.39 is 0 Å². The van der Waals surface area contributed by atoms with Crippen molar-refractivity contribution in [2.45, 2.75) is 18.8 Å². The van der Waals surface area contributed by atoms with Crippen molar-refractivity contribution in [2.24, 2.45) is 0 Å². The Kier molecular flexibility index (Phi) is 3.86. The lowest BCUT2D eigenvalue weighted by Crippen LogP contribution is -2.42. The van der Waals surface area contributed by atoms with Gasteiger partial charge in [-0.3, -0.25) is 4.40 Å².